The molecule has 0 bridgehead atoms. The molecule has 156 valence electrons. The van der Waals surface area contributed by atoms with Crippen molar-refractivity contribution in [2.24, 2.45) is 0 Å². The zero-order valence-electron chi connectivity index (χ0n) is 15.6. The number of nitrogens with zero attached hydrogens (tertiary/aromatic N) is 3. The number of hydrogen-bond donors (Lipinski definition) is 2. The second-order valence-electron chi connectivity index (χ2n) is 6.94. The van der Waals surface area contributed by atoms with Crippen molar-refractivity contribution in [2.75, 3.05) is 6.54 Å². The number of alkyl halides is 2. The fraction of sp³-hybridized carbons (Fsp3) is 0.316. The molecule has 0 radical (unpaired) electrons. The molecule has 0 spiro atoms. The molecule has 2 aromatic heterocycles. The summed E-state index contributed by atoms with van der Waals surface area (Å²) in [5.41, 5.74) is -2.17. The Kier molecular flexibility index (Phi) is 5.02. The number of nitrogens with one attached hydrogen (secondary N) is 2. The molecule has 0 aliphatic carbocycles. The van der Waals surface area contributed by atoms with Crippen molar-refractivity contribution >= 4 is 16.8 Å². The zero-order chi connectivity index (χ0) is 21.4. The average Bonchev–Trinajstić information content (AvgIpc) is 3.19. The third-order valence-corrected chi connectivity index (χ3v) is 5.07. The van der Waals surface area contributed by atoms with Gasteiger partial charge in [-0.05, 0) is 25.0 Å². The number of fused-ring (bicyclic) bond motifs is 1. The maximum Gasteiger partial charge on any atom is 0.325 e. The van der Waals surface area contributed by atoms with E-state index in [0.717, 1.165) is 10.8 Å². The van der Waals surface area contributed by atoms with Crippen LogP contribution in [0.25, 0.3) is 10.9 Å². The van der Waals surface area contributed by atoms with Gasteiger partial charge in [-0.15, -0.1) is 0 Å². The number of hydrogen-bond acceptors (Lipinski definition) is 5. The van der Waals surface area contributed by atoms with Crippen LogP contribution in [0.2, 0.25) is 0 Å². The molecule has 1 saturated heterocycles. The fourth-order valence-electron chi connectivity index (χ4n) is 3.76. The van der Waals surface area contributed by atoms with E-state index in [1.807, 2.05) is 4.98 Å². The maximum absolute atomic E-state index is 13.2. The first kappa shape index (κ1) is 19.7. The Labute approximate surface area is 167 Å². The van der Waals surface area contributed by atoms with E-state index < -0.39 is 41.7 Å². The summed E-state index contributed by atoms with van der Waals surface area (Å²) in [5, 5.41) is 0.204. The van der Waals surface area contributed by atoms with Gasteiger partial charge in [-0.1, -0.05) is 12.1 Å². The van der Waals surface area contributed by atoms with Gasteiger partial charge in [0.2, 0.25) is 0 Å². The number of carbonyl (C=O) groups excluding carboxylic acids is 1. The summed E-state index contributed by atoms with van der Waals surface area (Å²) < 4.78 is 27.4. The lowest BCUT2D eigenvalue weighted by atomic mass is 10.1. The van der Waals surface area contributed by atoms with Gasteiger partial charge in [-0.3, -0.25) is 23.9 Å². The molecule has 1 aliphatic heterocycles. The highest BCUT2D eigenvalue weighted by atomic mass is 19.3. The number of benzene rings is 1. The van der Waals surface area contributed by atoms with Crippen LogP contribution in [0.15, 0.2) is 44.8 Å². The standard InChI is InChI=1S/C19H17F2N5O4/c20-14(21)9-26-15(23-12-5-2-1-4-10(12)17(26)28)13-6-3-7-25(13)18(29)11-8-22-19(30)24-16(11)27/h1-2,4-5,8,13-14H,3,6-7,9H2,(H2,22,24,27,30). The van der Waals surface area contributed by atoms with Crippen LogP contribution in [0.3, 0.4) is 0 Å². The van der Waals surface area contributed by atoms with Crippen molar-refractivity contribution in [1.29, 1.82) is 0 Å². The SMILES string of the molecule is O=C(c1c[nH]c(=O)[nH]c1=O)N1CCCC1c1nc2ccccc2c(=O)n1CC(F)F. The van der Waals surface area contributed by atoms with Crippen LogP contribution in [-0.2, 0) is 6.54 Å². The van der Waals surface area contributed by atoms with E-state index in [0.29, 0.717) is 18.4 Å². The molecule has 4 rings (SSSR count). The minimum atomic E-state index is -2.79. The number of rotatable bonds is 4. The Morgan fingerprint density at radius 2 is 2.00 bits per heavy atom. The number of likely N-dealkylation sites (tertiary alicyclic amines) is 1. The van der Waals surface area contributed by atoms with Crippen molar-refractivity contribution in [3.8, 4) is 0 Å². The summed E-state index contributed by atoms with van der Waals surface area (Å²) in [7, 11) is 0. The molecule has 2 N–H and O–H groups in total. The van der Waals surface area contributed by atoms with E-state index in [1.54, 1.807) is 18.2 Å². The molecule has 1 aromatic carbocycles. The quantitative estimate of drug-likeness (QED) is 0.657. The number of halogens is 2. The van der Waals surface area contributed by atoms with Crippen molar-refractivity contribution in [1.82, 2.24) is 24.4 Å². The van der Waals surface area contributed by atoms with Crippen LogP contribution in [0.5, 0.6) is 0 Å². The summed E-state index contributed by atoms with van der Waals surface area (Å²) in [6, 6.07) is 5.63. The minimum Gasteiger partial charge on any atom is -0.328 e. The summed E-state index contributed by atoms with van der Waals surface area (Å²) in [6.45, 7) is -0.608. The first-order chi connectivity index (χ1) is 14.4. The van der Waals surface area contributed by atoms with Crippen LogP contribution >= 0.6 is 0 Å². The lowest BCUT2D eigenvalue weighted by molar-refractivity contribution is 0.0718. The Bertz CT molecular complexity index is 1300. The third kappa shape index (κ3) is 3.42. The van der Waals surface area contributed by atoms with Gasteiger partial charge in [-0.2, -0.15) is 0 Å². The Morgan fingerprint density at radius 3 is 2.73 bits per heavy atom. The highest BCUT2D eigenvalue weighted by Gasteiger charge is 2.35. The molecular formula is C19H17F2N5O4. The van der Waals surface area contributed by atoms with Gasteiger partial charge in [0.25, 0.3) is 23.5 Å². The van der Waals surface area contributed by atoms with Gasteiger partial charge >= 0.3 is 5.69 Å². The maximum atomic E-state index is 13.2. The number of amides is 1. The predicted octanol–water partition coefficient (Wildman–Crippen LogP) is 1.02. The second-order valence-corrected chi connectivity index (χ2v) is 6.94. The number of carbonyl (C=O) groups is 1. The minimum absolute atomic E-state index is 0.0469. The molecular weight excluding hydrogens is 400 g/mol. The van der Waals surface area contributed by atoms with Crippen LogP contribution in [-0.4, -0.2) is 43.3 Å². The van der Waals surface area contributed by atoms with Crippen LogP contribution in [0.4, 0.5) is 8.78 Å². The highest BCUT2D eigenvalue weighted by molar-refractivity contribution is 5.94. The zero-order valence-corrected chi connectivity index (χ0v) is 15.6. The summed E-state index contributed by atoms with van der Waals surface area (Å²) >= 11 is 0. The molecule has 30 heavy (non-hydrogen) atoms. The molecule has 1 aliphatic rings. The molecule has 3 heterocycles. The molecule has 1 fully saturated rings. The van der Waals surface area contributed by atoms with Crippen molar-refractivity contribution < 1.29 is 13.6 Å². The molecule has 11 heteroatoms. The number of aromatic nitrogens is 4. The summed E-state index contributed by atoms with van der Waals surface area (Å²) in [6.07, 6.45) is -0.855. The fourth-order valence-corrected chi connectivity index (χ4v) is 3.76. The Balaban J connectivity index is 1.84. The van der Waals surface area contributed by atoms with Gasteiger partial charge in [0, 0.05) is 12.7 Å². The van der Waals surface area contributed by atoms with Crippen molar-refractivity contribution in [3.05, 3.63) is 73.0 Å². The van der Waals surface area contributed by atoms with Crippen molar-refractivity contribution in [3.63, 3.8) is 0 Å². The normalized spacial score (nSPS) is 16.5. The lowest BCUT2D eigenvalue weighted by Crippen LogP contribution is -2.39. The number of H-pyrrole nitrogens is 2. The van der Waals surface area contributed by atoms with E-state index >= 15 is 0 Å². The average molecular weight is 417 g/mol. The Hall–Kier alpha value is -3.63. The van der Waals surface area contributed by atoms with Gasteiger partial charge in [0.05, 0.1) is 23.5 Å². The van der Waals surface area contributed by atoms with Gasteiger partial charge < -0.3 is 9.88 Å². The first-order valence-corrected chi connectivity index (χ1v) is 9.27. The van der Waals surface area contributed by atoms with Crippen LogP contribution < -0.4 is 16.8 Å². The Morgan fingerprint density at radius 1 is 1.23 bits per heavy atom. The summed E-state index contributed by atoms with van der Waals surface area (Å²) in [5.74, 6) is -0.633. The van der Waals surface area contributed by atoms with Gasteiger partial charge in [0.15, 0.2) is 0 Å². The van der Waals surface area contributed by atoms with E-state index in [2.05, 4.69) is 9.97 Å². The van der Waals surface area contributed by atoms with Crippen LogP contribution in [0.1, 0.15) is 35.1 Å². The lowest BCUT2D eigenvalue weighted by Gasteiger charge is -2.26. The smallest absolute Gasteiger partial charge is 0.325 e. The number of aromatic amines is 2. The van der Waals surface area contributed by atoms with Crippen LogP contribution in [0, 0.1) is 0 Å². The number of para-hydroxylation sites is 1. The molecule has 1 unspecified atom stereocenters. The molecule has 0 saturated carbocycles. The highest BCUT2D eigenvalue weighted by Crippen LogP contribution is 2.32. The molecule has 3 aromatic rings. The third-order valence-electron chi connectivity index (χ3n) is 5.07. The molecule has 9 nitrogen and oxygen atoms in total. The van der Waals surface area contributed by atoms with E-state index in [9.17, 15) is 28.0 Å². The van der Waals surface area contributed by atoms with E-state index in [-0.39, 0.29) is 23.3 Å². The van der Waals surface area contributed by atoms with E-state index in [1.165, 1.54) is 11.0 Å². The summed E-state index contributed by atoms with van der Waals surface area (Å²) in [4.78, 5) is 59.1. The first-order valence-electron chi connectivity index (χ1n) is 9.27. The second kappa shape index (κ2) is 7.65. The predicted molar refractivity (Wildman–Crippen MR) is 103 cm³/mol. The van der Waals surface area contributed by atoms with Crippen molar-refractivity contribution in [2.45, 2.75) is 31.9 Å². The molecule has 1 atom stereocenters. The topological polar surface area (TPSA) is 121 Å². The molecule has 1 amide bonds. The largest absolute Gasteiger partial charge is 0.328 e. The van der Waals surface area contributed by atoms with Gasteiger partial charge in [0.1, 0.15) is 11.4 Å². The van der Waals surface area contributed by atoms with E-state index in [4.69, 9.17) is 0 Å². The monoisotopic (exact) mass is 417 g/mol. The van der Waals surface area contributed by atoms with Gasteiger partial charge in [-0.25, -0.2) is 18.6 Å².